The maximum Gasteiger partial charge on any atom is 0.339 e. The van der Waals surface area contributed by atoms with E-state index in [4.69, 9.17) is 14.1 Å². The molecule has 0 spiro atoms. The fourth-order valence-electron chi connectivity index (χ4n) is 5.71. The molecule has 2 heterocycles. The van der Waals surface area contributed by atoms with E-state index >= 15 is 0 Å². The summed E-state index contributed by atoms with van der Waals surface area (Å²) in [7, 11) is 0. The molecule has 0 amide bonds. The molecule has 5 aromatic rings. The average Bonchev–Trinajstić information content (AvgIpc) is 2.89. The number of aromatic nitrogens is 1. The summed E-state index contributed by atoms with van der Waals surface area (Å²) in [5.74, 6) is 0.0645. The summed E-state index contributed by atoms with van der Waals surface area (Å²) >= 11 is 0. The van der Waals surface area contributed by atoms with Crippen LogP contribution in [-0.2, 0) is 24.2 Å². The van der Waals surface area contributed by atoms with E-state index in [1.165, 1.54) is 6.07 Å². The van der Waals surface area contributed by atoms with E-state index < -0.39 is 5.63 Å². The summed E-state index contributed by atoms with van der Waals surface area (Å²) < 4.78 is 11.4. The molecular formula is C32H29NO4. The van der Waals surface area contributed by atoms with Crippen LogP contribution in [-0.4, -0.2) is 11.0 Å². The van der Waals surface area contributed by atoms with Crippen molar-refractivity contribution in [2.45, 2.75) is 46.6 Å². The first-order valence-electron chi connectivity index (χ1n) is 12.8. The molecule has 0 aliphatic heterocycles. The fourth-order valence-corrected chi connectivity index (χ4v) is 5.71. The number of ether oxygens (including phenoxy) is 1. The van der Waals surface area contributed by atoms with Crippen molar-refractivity contribution in [3.63, 3.8) is 0 Å². The maximum atomic E-state index is 13.8. The summed E-state index contributed by atoms with van der Waals surface area (Å²) in [4.78, 5) is 31.0. The second-order valence-electron chi connectivity index (χ2n) is 11.1. The minimum Gasteiger partial charge on any atom is -0.457 e. The van der Waals surface area contributed by atoms with Gasteiger partial charge in [0, 0.05) is 28.1 Å². The van der Waals surface area contributed by atoms with Crippen LogP contribution < -0.4 is 5.63 Å². The number of rotatable bonds is 3. The number of carbonyl (C=O) groups is 1. The Bertz CT molecular complexity index is 1740. The van der Waals surface area contributed by atoms with Crippen molar-refractivity contribution in [2.24, 2.45) is 11.3 Å². The monoisotopic (exact) mass is 491 g/mol. The zero-order valence-electron chi connectivity index (χ0n) is 21.3. The molecule has 1 aliphatic rings. The molecule has 0 fully saturated rings. The molecule has 37 heavy (non-hydrogen) atoms. The predicted molar refractivity (Wildman–Crippen MR) is 146 cm³/mol. The van der Waals surface area contributed by atoms with Gasteiger partial charge in [-0.2, -0.15) is 0 Å². The number of carbonyl (C=O) groups excluding carboxylic acids is 1. The quantitative estimate of drug-likeness (QED) is 0.154. The topological polar surface area (TPSA) is 69.4 Å². The van der Waals surface area contributed by atoms with Crippen LogP contribution in [0.2, 0.25) is 0 Å². The molecule has 2 aromatic heterocycles. The highest BCUT2D eigenvalue weighted by molar-refractivity contribution is 6.08. The van der Waals surface area contributed by atoms with E-state index in [2.05, 4.69) is 20.8 Å². The maximum absolute atomic E-state index is 13.8. The Morgan fingerprint density at radius 3 is 2.59 bits per heavy atom. The van der Waals surface area contributed by atoms with E-state index in [1.807, 2.05) is 54.6 Å². The smallest absolute Gasteiger partial charge is 0.339 e. The van der Waals surface area contributed by atoms with E-state index in [-0.39, 0.29) is 18.0 Å². The molecule has 0 saturated heterocycles. The number of para-hydroxylation sites is 1. The SMILES string of the molecule is CC(C)(C)[C@H]1CCc2nc3ccccc3c(C(=O)OCc3cc(=O)oc4ccc5ccccc5c34)c2C1. The van der Waals surface area contributed by atoms with Gasteiger partial charge < -0.3 is 9.15 Å². The van der Waals surface area contributed by atoms with Crippen molar-refractivity contribution in [3.8, 4) is 0 Å². The molecule has 6 rings (SSSR count). The molecule has 186 valence electrons. The summed E-state index contributed by atoms with van der Waals surface area (Å²) in [5.41, 5.74) is 4.18. The third kappa shape index (κ3) is 4.18. The van der Waals surface area contributed by atoms with Gasteiger partial charge in [0.1, 0.15) is 12.2 Å². The van der Waals surface area contributed by atoms with Crippen molar-refractivity contribution in [2.75, 3.05) is 0 Å². The molecule has 5 nitrogen and oxygen atoms in total. The van der Waals surface area contributed by atoms with Crippen molar-refractivity contribution in [3.05, 3.63) is 99.5 Å². The van der Waals surface area contributed by atoms with Gasteiger partial charge in [-0.05, 0) is 59.1 Å². The molecule has 1 aliphatic carbocycles. The van der Waals surface area contributed by atoms with E-state index in [9.17, 15) is 9.59 Å². The number of aryl methyl sites for hydroxylation is 1. The van der Waals surface area contributed by atoms with Crippen molar-refractivity contribution < 1.29 is 13.9 Å². The summed E-state index contributed by atoms with van der Waals surface area (Å²) in [5, 5.41) is 3.58. The second kappa shape index (κ2) is 8.84. The van der Waals surface area contributed by atoms with E-state index in [1.54, 1.807) is 6.07 Å². The minimum atomic E-state index is -0.464. The molecule has 0 N–H and O–H groups in total. The number of nitrogens with zero attached hydrogens (tertiary/aromatic N) is 1. The van der Waals surface area contributed by atoms with Crippen LogP contribution in [0.3, 0.4) is 0 Å². The van der Waals surface area contributed by atoms with Crippen LogP contribution in [0.4, 0.5) is 0 Å². The molecule has 0 radical (unpaired) electrons. The van der Waals surface area contributed by atoms with Crippen molar-refractivity contribution in [1.29, 1.82) is 0 Å². The van der Waals surface area contributed by atoms with Gasteiger partial charge in [-0.3, -0.25) is 4.98 Å². The van der Waals surface area contributed by atoms with Gasteiger partial charge in [-0.25, -0.2) is 9.59 Å². The number of hydrogen-bond acceptors (Lipinski definition) is 5. The molecule has 5 heteroatoms. The molecule has 0 bridgehead atoms. The summed E-state index contributed by atoms with van der Waals surface area (Å²) in [6.45, 7) is 6.74. The first kappa shape index (κ1) is 23.4. The van der Waals surface area contributed by atoms with Gasteiger partial charge in [0.05, 0.1) is 11.1 Å². The highest BCUT2D eigenvalue weighted by Crippen LogP contribution is 2.39. The highest BCUT2D eigenvalue weighted by atomic mass is 16.5. The number of hydrogen-bond donors (Lipinski definition) is 0. The Labute approximate surface area is 215 Å². The first-order chi connectivity index (χ1) is 17.8. The fraction of sp³-hybridized carbons (Fsp3) is 0.281. The zero-order chi connectivity index (χ0) is 25.7. The predicted octanol–water partition coefficient (Wildman–Crippen LogP) is 7.00. The number of esters is 1. The van der Waals surface area contributed by atoms with E-state index in [0.717, 1.165) is 57.6 Å². The molecule has 1 atom stereocenters. The standard InChI is InChI=1S/C32H29NO4/c1-32(2,3)21-13-14-26-24(17-21)30(23-10-6-7-11-25(23)33-26)31(35)36-18-20-16-28(34)37-27-15-12-19-8-4-5-9-22(19)29(20)27/h4-12,15-16,21H,13-14,17-18H2,1-3H3/t21-/m0/s1. The van der Waals surface area contributed by atoms with Crippen LogP contribution in [0.15, 0.2) is 75.9 Å². The van der Waals surface area contributed by atoms with Crippen molar-refractivity contribution in [1.82, 2.24) is 4.98 Å². The van der Waals surface area contributed by atoms with Gasteiger partial charge >= 0.3 is 11.6 Å². The van der Waals surface area contributed by atoms with Crippen LogP contribution >= 0.6 is 0 Å². The van der Waals surface area contributed by atoms with Gasteiger partial charge in [-0.1, -0.05) is 69.3 Å². The third-order valence-corrected chi connectivity index (χ3v) is 7.76. The lowest BCUT2D eigenvalue weighted by molar-refractivity contribution is 0.0473. The Morgan fingerprint density at radius 2 is 1.78 bits per heavy atom. The average molecular weight is 492 g/mol. The zero-order valence-corrected chi connectivity index (χ0v) is 21.3. The van der Waals surface area contributed by atoms with Crippen LogP contribution in [0, 0.1) is 11.3 Å². The molecular weight excluding hydrogens is 462 g/mol. The normalized spacial score (nSPS) is 15.7. The Kier molecular flexibility index (Phi) is 5.59. The summed E-state index contributed by atoms with van der Waals surface area (Å²) in [6, 6.07) is 20.8. The Hall–Kier alpha value is -3.99. The largest absolute Gasteiger partial charge is 0.457 e. The lowest BCUT2D eigenvalue weighted by atomic mass is 9.70. The van der Waals surface area contributed by atoms with Crippen molar-refractivity contribution >= 4 is 38.6 Å². The third-order valence-electron chi connectivity index (χ3n) is 7.76. The van der Waals surface area contributed by atoms with Gasteiger partial charge in [0.2, 0.25) is 0 Å². The minimum absolute atomic E-state index is 0.0247. The van der Waals surface area contributed by atoms with Gasteiger partial charge in [0.15, 0.2) is 0 Å². The molecule has 0 saturated carbocycles. The van der Waals surface area contributed by atoms with E-state index in [0.29, 0.717) is 22.6 Å². The first-order valence-corrected chi connectivity index (χ1v) is 12.8. The van der Waals surface area contributed by atoms with Gasteiger partial charge in [0.25, 0.3) is 0 Å². The second-order valence-corrected chi connectivity index (χ2v) is 11.1. The molecule has 3 aromatic carbocycles. The molecule has 0 unspecified atom stereocenters. The number of benzene rings is 3. The van der Waals surface area contributed by atoms with Gasteiger partial charge in [-0.15, -0.1) is 0 Å². The van der Waals surface area contributed by atoms with Crippen LogP contribution in [0.5, 0.6) is 0 Å². The number of pyridine rings is 1. The van der Waals surface area contributed by atoms with Crippen LogP contribution in [0.1, 0.15) is 54.4 Å². The highest BCUT2D eigenvalue weighted by Gasteiger charge is 2.33. The van der Waals surface area contributed by atoms with Crippen LogP contribution in [0.25, 0.3) is 32.6 Å². The Balaban J connectivity index is 1.43. The number of fused-ring (bicyclic) bond motifs is 5. The Morgan fingerprint density at radius 1 is 1.03 bits per heavy atom. The lowest BCUT2D eigenvalue weighted by Gasteiger charge is -2.35. The lowest BCUT2D eigenvalue weighted by Crippen LogP contribution is -2.29. The summed E-state index contributed by atoms with van der Waals surface area (Å²) in [6.07, 6.45) is 2.69.